The van der Waals surface area contributed by atoms with Crippen molar-refractivity contribution in [1.29, 1.82) is 0 Å². The van der Waals surface area contributed by atoms with Crippen LogP contribution in [-0.2, 0) is 0 Å². The van der Waals surface area contributed by atoms with E-state index in [0.717, 1.165) is 0 Å². The number of benzene rings is 1. The normalized spacial score (nSPS) is 25.5. The summed E-state index contributed by atoms with van der Waals surface area (Å²) in [6.45, 7) is 5.80. The molecule has 2 aliphatic heterocycles. The smallest absolute Gasteiger partial charge is 0.257 e. The van der Waals surface area contributed by atoms with Crippen molar-refractivity contribution >= 4 is 5.91 Å². The molecular weight excluding hydrogens is 244 g/mol. The van der Waals surface area contributed by atoms with E-state index in [4.69, 9.17) is 9.47 Å². The van der Waals surface area contributed by atoms with Crippen molar-refractivity contribution in [2.24, 2.45) is 0 Å². The zero-order chi connectivity index (χ0) is 13.4. The minimum atomic E-state index is 0.0163. The van der Waals surface area contributed by atoms with E-state index in [1.807, 2.05) is 17.0 Å². The third-order valence-corrected chi connectivity index (χ3v) is 3.47. The fourth-order valence-corrected chi connectivity index (χ4v) is 2.76. The molecule has 1 aromatic rings. The first-order valence-electron chi connectivity index (χ1n) is 6.59. The van der Waals surface area contributed by atoms with Gasteiger partial charge in [-0.1, -0.05) is 6.07 Å². The molecule has 0 spiro atoms. The zero-order valence-electron chi connectivity index (χ0n) is 11.2. The molecule has 0 aromatic heterocycles. The Labute approximate surface area is 112 Å². The van der Waals surface area contributed by atoms with Gasteiger partial charge in [-0.05, 0) is 26.0 Å². The minimum absolute atomic E-state index is 0.0163. The van der Waals surface area contributed by atoms with E-state index in [1.54, 1.807) is 6.07 Å². The summed E-state index contributed by atoms with van der Waals surface area (Å²) in [4.78, 5) is 14.5. The molecule has 1 aromatic carbocycles. The first-order valence-corrected chi connectivity index (χ1v) is 6.59. The van der Waals surface area contributed by atoms with Crippen LogP contribution >= 0.6 is 0 Å². The van der Waals surface area contributed by atoms with Gasteiger partial charge in [-0.25, -0.2) is 0 Å². The van der Waals surface area contributed by atoms with Gasteiger partial charge in [-0.3, -0.25) is 4.79 Å². The number of carbonyl (C=O) groups excluding carboxylic acids is 1. The fourth-order valence-electron chi connectivity index (χ4n) is 2.76. The molecule has 0 bridgehead atoms. The molecule has 19 heavy (non-hydrogen) atoms. The van der Waals surface area contributed by atoms with Crippen molar-refractivity contribution in [2.75, 3.05) is 19.9 Å². The van der Waals surface area contributed by atoms with E-state index >= 15 is 0 Å². The summed E-state index contributed by atoms with van der Waals surface area (Å²) in [5.41, 5.74) is 0.594. The number of nitrogens with zero attached hydrogens (tertiary/aromatic N) is 1. The molecule has 2 atom stereocenters. The first-order chi connectivity index (χ1) is 9.15. The van der Waals surface area contributed by atoms with Crippen LogP contribution in [0.25, 0.3) is 0 Å². The van der Waals surface area contributed by atoms with Crippen molar-refractivity contribution in [3.8, 4) is 11.5 Å². The quantitative estimate of drug-likeness (QED) is 0.827. The van der Waals surface area contributed by atoms with Crippen LogP contribution in [0.15, 0.2) is 18.2 Å². The van der Waals surface area contributed by atoms with Gasteiger partial charge in [-0.2, -0.15) is 0 Å². The Morgan fingerprint density at radius 3 is 2.74 bits per heavy atom. The maximum absolute atomic E-state index is 12.6. The second kappa shape index (κ2) is 4.74. The van der Waals surface area contributed by atoms with E-state index in [-0.39, 0.29) is 12.7 Å². The molecule has 1 N–H and O–H groups in total. The molecule has 1 fully saturated rings. The Morgan fingerprint density at radius 2 is 2.00 bits per heavy atom. The lowest BCUT2D eigenvalue weighted by Crippen LogP contribution is -2.55. The lowest BCUT2D eigenvalue weighted by molar-refractivity contribution is 0.0669. The third kappa shape index (κ3) is 2.26. The summed E-state index contributed by atoms with van der Waals surface area (Å²) in [5.74, 6) is 1.25. The number of piperazine rings is 1. The zero-order valence-corrected chi connectivity index (χ0v) is 11.2. The van der Waals surface area contributed by atoms with Gasteiger partial charge in [0.05, 0.1) is 5.56 Å². The molecule has 5 heteroatoms. The molecule has 1 amide bonds. The number of rotatable bonds is 1. The summed E-state index contributed by atoms with van der Waals surface area (Å²) in [7, 11) is 0. The number of hydrogen-bond donors (Lipinski definition) is 1. The summed E-state index contributed by atoms with van der Waals surface area (Å²) in [6, 6.07) is 6.06. The molecule has 0 saturated carbocycles. The van der Waals surface area contributed by atoms with Crippen molar-refractivity contribution in [3.05, 3.63) is 23.8 Å². The number of ether oxygens (including phenoxy) is 2. The molecule has 0 unspecified atom stereocenters. The number of para-hydroxylation sites is 1. The molecule has 5 nitrogen and oxygen atoms in total. The van der Waals surface area contributed by atoms with Gasteiger partial charge in [-0.15, -0.1) is 0 Å². The van der Waals surface area contributed by atoms with Crippen molar-refractivity contribution in [2.45, 2.75) is 25.9 Å². The van der Waals surface area contributed by atoms with Crippen LogP contribution < -0.4 is 14.8 Å². The number of nitrogens with one attached hydrogen (secondary N) is 1. The molecule has 1 saturated heterocycles. The van der Waals surface area contributed by atoms with Crippen molar-refractivity contribution in [1.82, 2.24) is 10.2 Å². The molecular formula is C14H18N2O3. The standard InChI is InChI=1S/C14H18N2O3/c1-9-6-16(7-10(2)15-9)14(17)11-4-3-5-12-13(11)19-8-18-12/h3-5,9-10,15H,6-8H2,1-2H3/t9-,10-/m1/s1. The molecule has 3 rings (SSSR count). The minimum Gasteiger partial charge on any atom is -0.454 e. The Bertz CT molecular complexity index is 493. The van der Waals surface area contributed by atoms with Crippen molar-refractivity contribution < 1.29 is 14.3 Å². The first kappa shape index (κ1) is 12.3. The summed E-state index contributed by atoms with van der Waals surface area (Å²) in [5, 5.41) is 3.42. The van der Waals surface area contributed by atoms with Gasteiger partial charge in [0, 0.05) is 25.2 Å². The highest BCUT2D eigenvalue weighted by atomic mass is 16.7. The number of fused-ring (bicyclic) bond motifs is 1. The van der Waals surface area contributed by atoms with Gasteiger partial charge in [0.25, 0.3) is 5.91 Å². The maximum atomic E-state index is 12.6. The maximum Gasteiger partial charge on any atom is 0.257 e. The molecule has 0 radical (unpaired) electrons. The van der Waals surface area contributed by atoms with Gasteiger partial charge < -0.3 is 19.7 Å². The van der Waals surface area contributed by atoms with Crippen LogP contribution in [0, 0.1) is 0 Å². The Balaban J connectivity index is 1.86. The van der Waals surface area contributed by atoms with E-state index < -0.39 is 0 Å². The molecule has 2 heterocycles. The monoisotopic (exact) mass is 262 g/mol. The van der Waals surface area contributed by atoms with Gasteiger partial charge >= 0.3 is 0 Å². The second-order valence-electron chi connectivity index (χ2n) is 5.22. The Kier molecular flexibility index (Phi) is 3.06. The van der Waals surface area contributed by atoms with Crippen LogP contribution in [0.4, 0.5) is 0 Å². The lowest BCUT2D eigenvalue weighted by Gasteiger charge is -2.36. The SMILES string of the molecule is C[C@@H]1CN(C(=O)c2cccc3c2OCO3)C[C@@H](C)N1. The van der Waals surface area contributed by atoms with Crippen LogP contribution in [0.2, 0.25) is 0 Å². The summed E-state index contributed by atoms with van der Waals surface area (Å²) < 4.78 is 10.7. The van der Waals surface area contributed by atoms with Crippen LogP contribution in [-0.4, -0.2) is 42.8 Å². The number of hydrogen-bond acceptors (Lipinski definition) is 4. The third-order valence-electron chi connectivity index (χ3n) is 3.47. The fraction of sp³-hybridized carbons (Fsp3) is 0.500. The van der Waals surface area contributed by atoms with Gasteiger partial charge in [0.15, 0.2) is 11.5 Å². The predicted molar refractivity (Wildman–Crippen MR) is 70.5 cm³/mol. The van der Waals surface area contributed by atoms with Gasteiger partial charge in [0.2, 0.25) is 6.79 Å². The van der Waals surface area contributed by atoms with Crippen LogP contribution in [0.3, 0.4) is 0 Å². The second-order valence-corrected chi connectivity index (χ2v) is 5.22. The topological polar surface area (TPSA) is 50.8 Å². The van der Waals surface area contributed by atoms with E-state index in [1.165, 1.54) is 0 Å². The average molecular weight is 262 g/mol. The van der Waals surface area contributed by atoms with E-state index in [0.29, 0.717) is 42.2 Å². The van der Waals surface area contributed by atoms with Crippen LogP contribution in [0.5, 0.6) is 11.5 Å². The average Bonchev–Trinajstić information content (AvgIpc) is 2.84. The predicted octanol–water partition coefficient (Wildman–Crippen LogP) is 1.24. The van der Waals surface area contributed by atoms with Crippen LogP contribution in [0.1, 0.15) is 24.2 Å². The summed E-state index contributed by atoms with van der Waals surface area (Å²) in [6.07, 6.45) is 0. The largest absolute Gasteiger partial charge is 0.454 e. The number of carbonyl (C=O) groups is 1. The van der Waals surface area contributed by atoms with E-state index in [2.05, 4.69) is 19.2 Å². The van der Waals surface area contributed by atoms with E-state index in [9.17, 15) is 4.79 Å². The highest BCUT2D eigenvalue weighted by molar-refractivity contribution is 5.98. The van der Waals surface area contributed by atoms with Gasteiger partial charge in [0.1, 0.15) is 0 Å². The highest BCUT2D eigenvalue weighted by Gasteiger charge is 2.29. The summed E-state index contributed by atoms with van der Waals surface area (Å²) >= 11 is 0. The molecule has 0 aliphatic carbocycles. The van der Waals surface area contributed by atoms with Crippen molar-refractivity contribution in [3.63, 3.8) is 0 Å². The highest BCUT2D eigenvalue weighted by Crippen LogP contribution is 2.36. The molecule has 2 aliphatic rings. The number of amides is 1. The lowest BCUT2D eigenvalue weighted by atomic mass is 10.1. The Morgan fingerprint density at radius 1 is 1.26 bits per heavy atom. The molecule has 102 valence electrons. The Hall–Kier alpha value is -1.75.